The van der Waals surface area contributed by atoms with Gasteiger partial charge in [0.05, 0.1) is 0 Å². The van der Waals surface area contributed by atoms with Crippen LogP contribution in [0.3, 0.4) is 0 Å². The zero-order chi connectivity index (χ0) is 10.6. The minimum atomic E-state index is -2.41. The lowest BCUT2D eigenvalue weighted by molar-refractivity contribution is 0.355. The summed E-state index contributed by atoms with van der Waals surface area (Å²) in [5.74, 6) is 0.680. The van der Waals surface area contributed by atoms with Gasteiger partial charge in [-0.3, -0.25) is 0 Å². The van der Waals surface area contributed by atoms with Gasteiger partial charge in [-0.15, -0.1) is 0 Å². The number of para-hydroxylation sites is 1. The first-order valence-electron chi connectivity index (χ1n) is 4.13. The molecular weight excluding hydrogens is 251 g/mol. The van der Waals surface area contributed by atoms with Crippen molar-refractivity contribution in [2.75, 3.05) is 6.35 Å². The van der Waals surface area contributed by atoms with E-state index < -0.39 is 7.43 Å². The fraction of sp³-hybridized carbons (Fsp3) is 0.143. The largest absolute Gasteiger partial charge is 0.439 e. The third-order valence-corrected chi connectivity index (χ3v) is 6.01. The lowest BCUT2D eigenvalue weighted by atomic mass is 10.3. The zero-order valence-corrected chi connectivity index (χ0v) is 10.3. The van der Waals surface area contributed by atoms with Gasteiger partial charge in [0.1, 0.15) is 12.1 Å². The van der Waals surface area contributed by atoms with Gasteiger partial charge in [0, 0.05) is 0 Å². The summed E-state index contributed by atoms with van der Waals surface area (Å²) in [6, 6.07) is 9.28. The van der Waals surface area contributed by atoms with Crippen LogP contribution in [-0.4, -0.2) is 11.5 Å². The first-order chi connectivity index (χ1) is 7.35. The molecule has 8 heteroatoms. The zero-order valence-electron chi connectivity index (χ0n) is 7.63. The lowest BCUT2D eigenvalue weighted by Gasteiger charge is -2.17. The first kappa shape index (κ1) is 10.9. The molecule has 0 aromatic heterocycles. The van der Waals surface area contributed by atoms with E-state index in [4.69, 9.17) is 4.52 Å². The molecule has 1 aromatic rings. The van der Waals surface area contributed by atoms with E-state index in [9.17, 15) is 5.11 Å². The molecule has 1 heterocycles. The van der Waals surface area contributed by atoms with Gasteiger partial charge in [0.15, 0.2) is 17.0 Å². The third-order valence-electron chi connectivity index (χ3n) is 1.62. The molecule has 78 valence electrons. The summed E-state index contributed by atoms with van der Waals surface area (Å²) in [5, 5.41) is 9.29. The molecular formula is C7H8N3O2P3. The molecule has 0 bridgehead atoms. The van der Waals surface area contributed by atoms with Crippen LogP contribution < -0.4 is 4.52 Å². The number of benzene rings is 1. The van der Waals surface area contributed by atoms with Crippen molar-refractivity contribution < 1.29 is 9.63 Å². The Balaban J connectivity index is 2.27. The molecule has 1 aromatic carbocycles. The summed E-state index contributed by atoms with van der Waals surface area (Å²) < 4.78 is 17.8. The molecule has 2 rings (SSSR count). The van der Waals surface area contributed by atoms with Crippen molar-refractivity contribution in [2.24, 2.45) is 13.5 Å². The number of hydrogen-bond acceptors (Lipinski definition) is 5. The maximum absolute atomic E-state index is 9.29. The Bertz CT molecular complexity index is 446. The number of aliphatic hydroxyl groups is 1. The highest BCUT2D eigenvalue weighted by atomic mass is 31.2. The molecule has 15 heavy (non-hydrogen) atoms. The van der Waals surface area contributed by atoms with Gasteiger partial charge in [-0.25, -0.2) is 0 Å². The Morgan fingerprint density at radius 2 is 2.07 bits per heavy atom. The van der Waals surface area contributed by atoms with E-state index in [1.54, 1.807) is 0 Å². The van der Waals surface area contributed by atoms with Crippen LogP contribution in [0.15, 0.2) is 43.9 Å². The van der Waals surface area contributed by atoms with Gasteiger partial charge in [-0.2, -0.15) is 13.5 Å². The van der Waals surface area contributed by atoms with Crippen LogP contribution in [-0.2, 0) is 0 Å². The molecule has 1 atom stereocenters. The normalized spacial score (nSPS) is 25.7. The second-order valence-corrected chi connectivity index (χ2v) is 6.96. The second kappa shape index (κ2) is 4.96. The molecule has 0 saturated carbocycles. The molecule has 1 unspecified atom stereocenters. The van der Waals surface area contributed by atoms with Crippen molar-refractivity contribution in [3.63, 3.8) is 0 Å². The molecule has 0 spiro atoms. The number of nitrogens with zero attached hydrogens (tertiary/aromatic N) is 3. The molecule has 1 aliphatic heterocycles. The van der Waals surface area contributed by atoms with E-state index in [-0.39, 0.29) is 6.35 Å². The van der Waals surface area contributed by atoms with Gasteiger partial charge in [0.2, 0.25) is 0 Å². The SMILES string of the molecule is OCP1(Oc2ccccc2)=NP=NP=N1. The summed E-state index contributed by atoms with van der Waals surface area (Å²) in [4.78, 5) is 0. The van der Waals surface area contributed by atoms with E-state index >= 15 is 0 Å². The Hall–Kier alpha value is -0.590. The summed E-state index contributed by atoms with van der Waals surface area (Å²) in [7, 11) is -1.23. The van der Waals surface area contributed by atoms with Gasteiger partial charge < -0.3 is 9.63 Å². The van der Waals surface area contributed by atoms with Crippen molar-refractivity contribution in [1.82, 2.24) is 0 Å². The predicted octanol–water partition coefficient (Wildman–Crippen LogP) is 4.15. The van der Waals surface area contributed by atoms with Crippen LogP contribution in [0.4, 0.5) is 0 Å². The second-order valence-electron chi connectivity index (χ2n) is 2.66. The molecule has 5 nitrogen and oxygen atoms in total. The highest BCUT2D eigenvalue weighted by molar-refractivity contribution is 7.68. The van der Waals surface area contributed by atoms with Crippen LogP contribution in [0.2, 0.25) is 0 Å². The van der Waals surface area contributed by atoms with Crippen molar-refractivity contribution in [2.45, 2.75) is 0 Å². The van der Waals surface area contributed by atoms with Gasteiger partial charge in [-0.05, 0) is 12.1 Å². The molecule has 0 radical (unpaired) electrons. The Morgan fingerprint density at radius 3 is 2.67 bits per heavy atom. The standard InChI is InChI=1S/C7H8N3O2P3/c11-6-15(9-13-8-14-10-15)12-7-4-2-1-3-5-7/h1-5,11H,6H2. The smallest absolute Gasteiger partial charge is 0.287 e. The summed E-state index contributed by atoms with van der Waals surface area (Å²) in [6.45, 7) is 0. The maximum Gasteiger partial charge on any atom is 0.287 e. The highest BCUT2D eigenvalue weighted by Gasteiger charge is 2.21. The minimum Gasteiger partial charge on any atom is -0.439 e. The van der Waals surface area contributed by atoms with Crippen LogP contribution in [0.5, 0.6) is 5.75 Å². The maximum atomic E-state index is 9.29. The quantitative estimate of drug-likeness (QED) is 0.828. The Morgan fingerprint density at radius 1 is 1.27 bits per heavy atom. The molecule has 0 aliphatic carbocycles. The summed E-state index contributed by atoms with van der Waals surface area (Å²) >= 11 is 0. The van der Waals surface area contributed by atoms with E-state index in [2.05, 4.69) is 13.5 Å². The van der Waals surface area contributed by atoms with Crippen molar-refractivity contribution in [3.8, 4) is 5.75 Å². The van der Waals surface area contributed by atoms with Crippen molar-refractivity contribution in [1.29, 1.82) is 0 Å². The number of hydrogen-bond donors (Lipinski definition) is 1. The predicted molar refractivity (Wildman–Crippen MR) is 62.2 cm³/mol. The monoisotopic (exact) mass is 259 g/mol. The average Bonchev–Trinajstić information content (AvgIpc) is 2.32. The van der Waals surface area contributed by atoms with E-state index in [0.717, 1.165) is 0 Å². The lowest BCUT2D eigenvalue weighted by Crippen LogP contribution is -1.94. The van der Waals surface area contributed by atoms with E-state index in [1.165, 1.54) is 0 Å². The van der Waals surface area contributed by atoms with Crippen LogP contribution in [0, 0.1) is 0 Å². The van der Waals surface area contributed by atoms with Crippen LogP contribution in [0.1, 0.15) is 0 Å². The average molecular weight is 259 g/mol. The van der Waals surface area contributed by atoms with E-state index in [0.29, 0.717) is 22.8 Å². The van der Waals surface area contributed by atoms with Crippen LogP contribution >= 0.6 is 24.5 Å². The Labute approximate surface area is 90.6 Å². The Kier molecular flexibility index (Phi) is 3.61. The summed E-state index contributed by atoms with van der Waals surface area (Å²) in [6.07, 6.45) is -0.169. The fourth-order valence-corrected chi connectivity index (χ4v) is 4.77. The molecule has 0 fully saturated rings. The molecule has 0 saturated heterocycles. The number of aliphatic hydroxyl groups excluding tert-OH is 1. The van der Waals surface area contributed by atoms with Crippen molar-refractivity contribution >= 4 is 24.5 Å². The van der Waals surface area contributed by atoms with E-state index in [1.807, 2.05) is 30.3 Å². The topological polar surface area (TPSA) is 66.5 Å². The van der Waals surface area contributed by atoms with Crippen molar-refractivity contribution in [3.05, 3.63) is 30.3 Å². The third kappa shape index (κ3) is 2.70. The van der Waals surface area contributed by atoms with Crippen LogP contribution in [0.25, 0.3) is 0 Å². The minimum absolute atomic E-state index is 0.169. The molecule has 1 aliphatic rings. The van der Waals surface area contributed by atoms with Gasteiger partial charge >= 0.3 is 0 Å². The highest BCUT2D eigenvalue weighted by Crippen LogP contribution is 2.58. The molecule has 0 amide bonds. The fourth-order valence-electron chi connectivity index (χ4n) is 0.969. The first-order valence-corrected chi connectivity index (χ1v) is 7.53. The summed E-state index contributed by atoms with van der Waals surface area (Å²) in [5.41, 5.74) is 0. The molecule has 1 N–H and O–H groups in total. The van der Waals surface area contributed by atoms with Gasteiger partial charge in [-0.1, -0.05) is 18.2 Å². The number of rotatable bonds is 3. The van der Waals surface area contributed by atoms with Gasteiger partial charge in [0.25, 0.3) is 7.43 Å².